The summed E-state index contributed by atoms with van der Waals surface area (Å²) in [7, 11) is 0. The Balaban J connectivity index is 1.65. The molecule has 1 aliphatic heterocycles. The third-order valence-corrected chi connectivity index (χ3v) is 5.02. The highest BCUT2D eigenvalue weighted by atomic mass is 16.5. The molecule has 0 spiro atoms. The number of aryl methyl sites for hydroxylation is 1. The van der Waals surface area contributed by atoms with Crippen molar-refractivity contribution in [2.75, 3.05) is 26.2 Å². The summed E-state index contributed by atoms with van der Waals surface area (Å²) in [4.78, 5) is 37.5. The van der Waals surface area contributed by atoms with Gasteiger partial charge in [-0.1, -0.05) is 19.9 Å². The summed E-state index contributed by atoms with van der Waals surface area (Å²) in [5.74, 6) is 0.281. The van der Waals surface area contributed by atoms with E-state index in [1.807, 2.05) is 35.2 Å². The topological polar surface area (TPSA) is 75.6 Å². The quantitative estimate of drug-likeness (QED) is 0.668. The Labute approximate surface area is 178 Å². The second-order valence-corrected chi connectivity index (χ2v) is 8.08. The van der Waals surface area contributed by atoms with Crippen molar-refractivity contribution >= 4 is 11.8 Å². The Hall–Kier alpha value is -2.80. The number of carbonyl (C=O) groups is 2. The molecule has 3 heterocycles. The van der Waals surface area contributed by atoms with Crippen LogP contribution in [0.4, 0.5) is 0 Å². The Morgan fingerprint density at radius 2 is 1.97 bits per heavy atom. The summed E-state index contributed by atoms with van der Waals surface area (Å²) < 4.78 is 6.12. The molecule has 0 bridgehead atoms. The molecule has 2 aromatic heterocycles. The highest BCUT2D eigenvalue weighted by molar-refractivity contribution is 5.85. The molecule has 0 aromatic carbocycles. The number of nitrogens with zero attached hydrogens (tertiary/aromatic N) is 4. The maximum atomic E-state index is 12.9. The summed E-state index contributed by atoms with van der Waals surface area (Å²) in [6, 6.07) is 9.49. The van der Waals surface area contributed by atoms with Gasteiger partial charge in [0.1, 0.15) is 0 Å². The molecule has 7 nitrogen and oxygen atoms in total. The van der Waals surface area contributed by atoms with Gasteiger partial charge in [-0.15, -0.1) is 0 Å². The fourth-order valence-electron chi connectivity index (χ4n) is 3.52. The van der Waals surface area contributed by atoms with Gasteiger partial charge in [-0.25, -0.2) is 0 Å². The molecule has 2 aromatic rings. The normalized spacial score (nSPS) is 17.3. The highest BCUT2D eigenvalue weighted by Gasteiger charge is 2.31. The Morgan fingerprint density at radius 1 is 1.17 bits per heavy atom. The van der Waals surface area contributed by atoms with Gasteiger partial charge in [-0.2, -0.15) is 0 Å². The third-order valence-electron chi connectivity index (χ3n) is 5.02. The molecule has 3 rings (SSSR count). The smallest absolute Gasteiger partial charge is 0.242 e. The largest absolute Gasteiger partial charge is 0.370 e. The van der Waals surface area contributed by atoms with Gasteiger partial charge in [0.15, 0.2) is 0 Å². The van der Waals surface area contributed by atoms with Crippen molar-refractivity contribution in [1.29, 1.82) is 0 Å². The van der Waals surface area contributed by atoms with Gasteiger partial charge < -0.3 is 14.5 Å². The second kappa shape index (κ2) is 10.8. The standard InChI is InChI=1S/C23H30N4O3/c1-18(2)13-26-14-21(30-17-19-8-11-24-12-9-19)15-27(16-23(26)29)22(28)7-6-20-5-3-4-10-25-20/h3-5,8-12,18,21H,6-7,13-17H2,1-2H3. The molecule has 1 atom stereocenters. The van der Waals surface area contributed by atoms with Crippen LogP contribution in [0.3, 0.4) is 0 Å². The fourth-order valence-corrected chi connectivity index (χ4v) is 3.52. The minimum absolute atomic E-state index is 0.0232. The van der Waals surface area contributed by atoms with Gasteiger partial charge in [-0.3, -0.25) is 19.6 Å². The molecule has 1 unspecified atom stereocenters. The van der Waals surface area contributed by atoms with Crippen molar-refractivity contribution in [3.63, 3.8) is 0 Å². The third kappa shape index (κ3) is 6.62. The molecule has 0 aliphatic carbocycles. The number of amides is 2. The van der Waals surface area contributed by atoms with E-state index < -0.39 is 0 Å². The molecule has 2 amide bonds. The van der Waals surface area contributed by atoms with Crippen molar-refractivity contribution in [1.82, 2.24) is 19.8 Å². The Bertz CT molecular complexity index is 814. The zero-order chi connectivity index (χ0) is 21.3. The van der Waals surface area contributed by atoms with E-state index in [9.17, 15) is 9.59 Å². The highest BCUT2D eigenvalue weighted by Crippen LogP contribution is 2.14. The first kappa shape index (κ1) is 21.9. The van der Waals surface area contributed by atoms with Crippen LogP contribution in [-0.4, -0.2) is 63.9 Å². The maximum Gasteiger partial charge on any atom is 0.242 e. The van der Waals surface area contributed by atoms with Gasteiger partial charge >= 0.3 is 0 Å². The lowest BCUT2D eigenvalue weighted by Crippen LogP contribution is -2.40. The predicted molar refractivity (Wildman–Crippen MR) is 113 cm³/mol. The van der Waals surface area contributed by atoms with Gasteiger partial charge in [-0.05, 0) is 42.2 Å². The number of pyridine rings is 2. The molecule has 0 saturated carbocycles. The SMILES string of the molecule is CC(C)CN1CC(OCc2ccncc2)CN(C(=O)CCc2ccccn2)CC1=O. The second-order valence-electron chi connectivity index (χ2n) is 8.08. The van der Waals surface area contributed by atoms with E-state index in [2.05, 4.69) is 23.8 Å². The lowest BCUT2D eigenvalue weighted by molar-refractivity contribution is -0.139. The molecular formula is C23H30N4O3. The number of ether oxygens (including phenoxy) is 1. The van der Waals surface area contributed by atoms with Crippen LogP contribution in [0.5, 0.6) is 0 Å². The Morgan fingerprint density at radius 3 is 2.67 bits per heavy atom. The molecule has 30 heavy (non-hydrogen) atoms. The van der Waals surface area contributed by atoms with Crippen LogP contribution in [0, 0.1) is 5.92 Å². The van der Waals surface area contributed by atoms with E-state index in [1.54, 1.807) is 23.5 Å². The Kier molecular flexibility index (Phi) is 7.90. The summed E-state index contributed by atoms with van der Waals surface area (Å²) >= 11 is 0. The molecule has 7 heteroatoms. The minimum atomic E-state index is -0.234. The lowest BCUT2D eigenvalue weighted by Gasteiger charge is -2.26. The van der Waals surface area contributed by atoms with E-state index in [1.165, 1.54) is 0 Å². The molecule has 160 valence electrons. The van der Waals surface area contributed by atoms with Gasteiger partial charge in [0.2, 0.25) is 11.8 Å². The van der Waals surface area contributed by atoms with Crippen molar-refractivity contribution in [3.8, 4) is 0 Å². The van der Waals surface area contributed by atoms with Crippen LogP contribution >= 0.6 is 0 Å². The van der Waals surface area contributed by atoms with Crippen molar-refractivity contribution in [3.05, 3.63) is 60.2 Å². The minimum Gasteiger partial charge on any atom is -0.370 e. The summed E-state index contributed by atoms with van der Waals surface area (Å²) in [6.45, 7) is 6.25. The summed E-state index contributed by atoms with van der Waals surface area (Å²) in [5.41, 5.74) is 1.89. The first-order valence-electron chi connectivity index (χ1n) is 10.5. The zero-order valence-corrected chi connectivity index (χ0v) is 17.7. The molecule has 1 fully saturated rings. The molecule has 1 aliphatic rings. The molecule has 0 N–H and O–H groups in total. The first-order chi connectivity index (χ1) is 14.5. The van der Waals surface area contributed by atoms with Gasteiger partial charge in [0.05, 0.1) is 19.3 Å². The van der Waals surface area contributed by atoms with Crippen LogP contribution in [0.1, 0.15) is 31.5 Å². The number of hydrogen-bond donors (Lipinski definition) is 0. The number of carbonyl (C=O) groups excluding carboxylic acids is 2. The van der Waals surface area contributed by atoms with E-state index in [4.69, 9.17) is 4.74 Å². The van der Waals surface area contributed by atoms with Crippen LogP contribution < -0.4 is 0 Å². The average Bonchev–Trinajstić information content (AvgIpc) is 2.90. The van der Waals surface area contributed by atoms with Gasteiger partial charge in [0, 0.05) is 50.3 Å². The zero-order valence-electron chi connectivity index (χ0n) is 17.7. The average molecular weight is 411 g/mol. The van der Waals surface area contributed by atoms with Crippen molar-refractivity contribution in [2.24, 2.45) is 5.92 Å². The van der Waals surface area contributed by atoms with E-state index in [0.717, 1.165) is 11.3 Å². The van der Waals surface area contributed by atoms with Crippen molar-refractivity contribution in [2.45, 2.75) is 39.4 Å². The van der Waals surface area contributed by atoms with Crippen LogP contribution in [0.25, 0.3) is 0 Å². The van der Waals surface area contributed by atoms with Crippen LogP contribution in [-0.2, 0) is 27.4 Å². The first-order valence-corrected chi connectivity index (χ1v) is 10.5. The molecule has 0 radical (unpaired) electrons. The lowest BCUT2D eigenvalue weighted by atomic mass is 10.2. The predicted octanol–water partition coefficient (Wildman–Crippen LogP) is 2.32. The summed E-state index contributed by atoms with van der Waals surface area (Å²) in [5, 5.41) is 0. The fraction of sp³-hybridized carbons (Fsp3) is 0.478. The molecular weight excluding hydrogens is 380 g/mol. The molecule has 1 saturated heterocycles. The van der Waals surface area contributed by atoms with Crippen LogP contribution in [0.2, 0.25) is 0 Å². The van der Waals surface area contributed by atoms with E-state index in [-0.39, 0.29) is 24.5 Å². The van der Waals surface area contributed by atoms with E-state index in [0.29, 0.717) is 45.0 Å². The van der Waals surface area contributed by atoms with E-state index >= 15 is 0 Å². The number of aromatic nitrogens is 2. The number of hydrogen-bond acceptors (Lipinski definition) is 5. The van der Waals surface area contributed by atoms with Crippen molar-refractivity contribution < 1.29 is 14.3 Å². The monoisotopic (exact) mass is 410 g/mol. The van der Waals surface area contributed by atoms with Crippen LogP contribution in [0.15, 0.2) is 48.9 Å². The maximum absolute atomic E-state index is 12.9. The number of rotatable bonds is 8. The summed E-state index contributed by atoms with van der Waals surface area (Å²) in [6.07, 6.45) is 5.83. The van der Waals surface area contributed by atoms with Gasteiger partial charge in [0.25, 0.3) is 0 Å².